The molecule has 2 unspecified atom stereocenters. The van der Waals surface area contributed by atoms with E-state index >= 15 is 0 Å². The number of amides is 1. The van der Waals surface area contributed by atoms with E-state index in [1.807, 2.05) is 30.3 Å². The number of hydrogen-bond acceptors (Lipinski definition) is 3. The van der Waals surface area contributed by atoms with Crippen molar-refractivity contribution in [3.63, 3.8) is 0 Å². The minimum atomic E-state index is -0.152. The van der Waals surface area contributed by atoms with Gasteiger partial charge in [0.15, 0.2) is 0 Å². The molecule has 1 amide bonds. The van der Waals surface area contributed by atoms with E-state index in [1.54, 1.807) is 17.1 Å². The molecule has 0 bridgehead atoms. The fraction of sp³-hybridized carbons (Fsp3) is 0.364. The first-order chi connectivity index (χ1) is 13.9. The molecule has 154 valence electrons. The van der Waals surface area contributed by atoms with E-state index in [9.17, 15) is 4.79 Å². The minimum absolute atomic E-state index is 0.139. The summed E-state index contributed by atoms with van der Waals surface area (Å²) in [6, 6.07) is 12.7. The predicted molar refractivity (Wildman–Crippen MR) is 122 cm³/mol. The van der Waals surface area contributed by atoms with Crippen molar-refractivity contribution in [1.82, 2.24) is 5.32 Å². The van der Waals surface area contributed by atoms with E-state index in [4.69, 9.17) is 34.8 Å². The van der Waals surface area contributed by atoms with Gasteiger partial charge in [0.1, 0.15) is 5.71 Å². The van der Waals surface area contributed by atoms with Crippen LogP contribution in [0.1, 0.15) is 44.7 Å². The lowest BCUT2D eigenvalue weighted by Crippen LogP contribution is -2.31. The molecule has 0 aromatic heterocycles. The molecule has 2 aromatic rings. The third-order valence-corrected chi connectivity index (χ3v) is 5.99. The molecule has 1 heterocycles. The number of halogens is 3. The Balaban J connectivity index is 1.85. The molecule has 1 N–H and O–H groups in total. The Labute approximate surface area is 186 Å². The third-order valence-electron chi connectivity index (χ3n) is 5.20. The Morgan fingerprint density at radius 3 is 2.52 bits per heavy atom. The summed E-state index contributed by atoms with van der Waals surface area (Å²) in [5, 5.41) is 11.1. The Morgan fingerprint density at radius 1 is 1.17 bits per heavy atom. The van der Waals surface area contributed by atoms with Crippen molar-refractivity contribution in [2.75, 3.05) is 11.6 Å². The minimum Gasteiger partial charge on any atom is -0.351 e. The summed E-state index contributed by atoms with van der Waals surface area (Å²) >= 11 is 18.5. The number of benzene rings is 2. The molecule has 7 heteroatoms. The van der Waals surface area contributed by atoms with Crippen molar-refractivity contribution in [3.8, 4) is 0 Å². The molecule has 0 saturated heterocycles. The zero-order valence-electron chi connectivity index (χ0n) is 16.5. The molecule has 1 aliphatic rings. The highest BCUT2D eigenvalue weighted by molar-refractivity contribution is 6.40. The lowest BCUT2D eigenvalue weighted by Gasteiger charge is -2.25. The summed E-state index contributed by atoms with van der Waals surface area (Å²) in [6.07, 6.45) is 2.52. The van der Waals surface area contributed by atoms with Crippen molar-refractivity contribution in [2.45, 2.75) is 39.2 Å². The van der Waals surface area contributed by atoms with Gasteiger partial charge >= 0.3 is 0 Å². The van der Waals surface area contributed by atoms with Gasteiger partial charge in [-0.1, -0.05) is 67.2 Å². The molecule has 1 aliphatic heterocycles. The van der Waals surface area contributed by atoms with Crippen molar-refractivity contribution in [2.24, 2.45) is 11.0 Å². The van der Waals surface area contributed by atoms with E-state index in [0.717, 1.165) is 18.4 Å². The maximum absolute atomic E-state index is 12.7. The second-order valence-electron chi connectivity index (χ2n) is 7.32. The highest BCUT2D eigenvalue weighted by Gasteiger charge is 2.33. The number of carbonyl (C=O) groups is 1. The Hall–Kier alpha value is -1.75. The zero-order valence-corrected chi connectivity index (χ0v) is 18.7. The van der Waals surface area contributed by atoms with Gasteiger partial charge in [0.25, 0.3) is 5.91 Å². The standard InChI is InChI=1S/C22H24Cl3N3O/c1-3-14(2)10-11-26-22(29)19-13-21(15-4-6-16(23)7-5-15)28(27-19)20-9-8-17(24)12-18(20)25/h4-9,12,14,21H,3,10-11,13H2,1-2H3,(H,26,29). The number of anilines is 1. The first-order valence-electron chi connectivity index (χ1n) is 9.74. The first kappa shape index (κ1) is 21.9. The predicted octanol–water partition coefficient (Wildman–Crippen LogP) is 6.51. The van der Waals surface area contributed by atoms with Crippen LogP contribution in [0.5, 0.6) is 0 Å². The van der Waals surface area contributed by atoms with Crippen LogP contribution < -0.4 is 10.3 Å². The van der Waals surface area contributed by atoms with Gasteiger partial charge in [-0.2, -0.15) is 5.10 Å². The van der Waals surface area contributed by atoms with Crippen LogP contribution in [0.4, 0.5) is 5.69 Å². The van der Waals surface area contributed by atoms with Gasteiger partial charge in [0.2, 0.25) is 0 Å². The largest absolute Gasteiger partial charge is 0.351 e. The van der Waals surface area contributed by atoms with E-state index in [2.05, 4.69) is 24.3 Å². The van der Waals surface area contributed by atoms with Crippen molar-refractivity contribution in [3.05, 3.63) is 63.1 Å². The number of nitrogens with one attached hydrogen (secondary N) is 1. The van der Waals surface area contributed by atoms with Crippen LogP contribution in [0.15, 0.2) is 47.6 Å². The quantitative estimate of drug-likeness (QED) is 0.520. The molecular weight excluding hydrogens is 429 g/mol. The van der Waals surface area contributed by atoms with Crippen LogP contribution in [0.2, 0.25) is 15.1 Å². The maximum atomic E-state index is 12.7. The van der Waals surface area contributed by atoms with Gasteiger partial charge < -0.3 is 5.32 Å². The molecule has 3 rings (SSSR count). The van der Waals surface area contributed by atoms with E-state index < -0.39 is 0 Å². The molecule has 0 radical (unpaired) electrons. The van der Waals surface area contributed by atoms with Crippen LogP contribution in [0.25, 0.3) is 0 Å². The second kappa shape index (κ2) is 9.84. The molecule has 0 aliphatic carbocycles. The number of rotatable bonds is 7. The smallest absolute Gasteiger partial charge is 0.267 e. The lowest BCUT2D eigenvalue weighted by molar-refractivity contribution is -0.114. The average molecular weight is 453 g/mol. The van der Waals surface area contributed by atoms with Crippen molar-refractivity contribution >= 4 is 52.1 Å². The molecular formula is C22H24Cl3N3O. The SMILES string of the molecule is CCC(C)CCNC(=O)C1=NN(c2ccc(Cl)cc2Cl)C(c2ccc(Cl)cc2)C1. The second-order valence-corrected chi connectivity index (χ2v) is 8.60. The van der Waals surface area contributed by atoms with Crippen LogP contribution in [0.3, 0.4) is 0 Å². The Morgan fingerprint density at radius 2 is 1.86 bits per heavy atom. The normalized spacial score (nSPS) is 17.2. The molecule has 29 heavy (non-hydrogen) atoms. The van der Waals surface area contributed by atoms with Crippen LogP contribution in [-0.4, -0.2) is 18.2 Å². The average Bonchev–Trinajstić information content (AvgIpc) is 3.13. The maximum Gasteiger partial charge on any atom is 0.267 e. The first-order valence-corrected chi connectivity index (χ1v) is 10.9. The van der Waals surface area contributed by atoms with Gasteiger partial charge in [0, 0.05) is 23.0 Å². The monoisotopic (exact) mass is 451 g/mol. The van der Waals surface area contributed by atoms with Gasteiger partial charge in [-0.25, -0.2) is 0 Å². The Kier molecular flexibility index (Phi) is 7.44. The summed E-state index contributed by atoms with van der Waals surface area (Å²) in [7, 11) is 0. The highest BCUT2D eigenvalue weighted by atomic mass is 35.5. The fourth-order valence-corrected chi connectivity index (χ4v) is 3.84. The van der Waals surface area contributed by atoms with E-state index in [-0.39, 0.29) is 11.9 Å². The third kappa shape index (κ3) is 5.44. The topological polar surface area (TPSA) is 44.7 Å². The molecule has 0 fully saturated rings. The summed E-state index contributed by atoms with van der Waals surface area (Å²) in [5.74, 6) is 0.437. The summed E-state index contributed by atoms with van der Waals surface area (Å²) in [4.78, 5) is 12.7. The number of nitrogens with zero attached hydrogens (tertiary/aromatic N) is 2. The summed E-state index contributed by atoms with van der Waals surface area (Å²) in [5.41, 5.74) is 2.20. The van der Waals surface area contributed by atoms with Gasteiger partial charge in [-0.05, 0) is 48.2 Å². The van der Waals surface area contributed by atoms with Gasteiger partial charge in [-0.15, -0.1) is 0 Å². The molecule has 2 atom stereocenters. The van der Waals surface area contributed by atoms with Crippen LogP contribution in [0, 0.1) is 5.92 Å². The summed E-state index contributed by atoms with van der Waals surface area (Å²) < 4.78 is 0. The fourth-order valence-electron chi connectivity index (χ4n) is 3.22. The zero-order chi connectivity index (χ0) is 21.0. The van der Waals surface area contributed by atoms with E-state index in [1.165, 1.54) is 0 Å². The number of hydrazone groups is 1. The molecule has 4 nitrogen and oxygen atoms in total. The van der Waals surface area contributed by atoms with Crippen molar-refractivity contribution < 1.29 is 4.79 Å². The highest BCUT2D eigenvalue weighted by Crippen LogP contribution is 2.39. The molecule has 0 spiro atoms. The summed E-state index contributed by atoms with van der Waals surface area (Å²) in [6.45, 7) is 4.97. The molecule has 2 aromatic carbocycles. The van der Waals surface area contributed by atoms with Crippen molar-refractivity contribution in [1.29, 1.82) is 0 Å². The van der Waals surface area contributed by atoms with Crippen LogP contribution in [-0.2, 0) is 4.79 Å². The molecule has 0 saturated carbocycles. The van der Waals surface area contributed by atoms with Crippen LogP contribution >= 0.6 is 34.8 Å². The Bertz CT molecular complexity index is 899. The van der Waals surface area contributed by atoms with Gasteiger partial charge in [0.05, 0.1) is 16.8 Å². The van der Waals surface area contributed by atoms with E-state index in [0.29, 0.717) is 45.4 Å². The van der Waals surface area contributed by atoms with Gasteiger partial charge in [-0.3, -0.25) is 9.80 Å². The number of hydrogen-bond donors (Lipinski definition) is 1. The lowest BCUT2D eigenvalue weighted by atomic mass is 10.0. The number of carbonyl (C=O) groups excluding carboxylic acids is 1.